The fourth-order valence-electron chi connectivity index (χ4n) is 3.56. The predicted molar refractivity (Wildman–Crippen MR) is 120 cm³/mol. The molecule has 0 fully saturated rings. The average molecular weight is 430 g/mol. The summed E-state index contributed by atoms with van der Waals surface area (Å²) in [5.41, 5.74) is 5.14. The first-order valence-electron chi connectivity index (χ1n) is 10.00. The second kappa shape index (κ2) is 8.46. The van der Waals surface area contributed by atoms with E-state index < -0.39 is 4.92 Å². The van der Waals surface area contributed by atoms with Crippen molar-refractivity contribution in [3.8, 4) is 11.3 Å². The minimum Gasteiger partial charge on any atom is -0.322 e. The Kier molecular flexibility index (Phi) is 5.55. The molecule has 162 valence electrons. The zero-order chi connectivity index (χ0) is 22.8. The van der Waals surface area contributed by atoms with Gasteiger partial charge in [0.1, 0.15) is 5.69 Å². The Morgan fingerprint density at radius 1 is 1.09 bits per heavy atom. The highest BCUT2D eigenvalue weighted by atomic mass is 16.6. The van der Waals surface area contributed by atoms with Gasteiger partial charge in [0.25, 0.3) is 11.6 Å². The van der Waals surface area contributed by atoms with Crippen LogP contribution in [0.25, 0.3) is 11.3 Å². The van der Waals surface area contributed by atoms with E-state index in [9.17, 15) is 14.9 Å². The third-order valence-corrected chi connectivity index (χ3v) is 5.05. The number of carbonyl (C=O) groups excluding carboxylic acids is 1. The van der Waals surface area contributed by atoms with Crippen LogP contribution in [0.1, 0.15) is 27.3 Å². The fourth-order valence-corrected chi connectivity index (χ4v) is 3.56. The third kappa shape index (κ3) is 4.41. The van der Waals surface area contributed by atoms with Gasteiger partial charge in [-0.2, -0.15) is 10.2 Å². The lowest BCUT2D eigenvalue weighted by atomic mass is 10.1. The van der Waals surface area contributed by atoms with Gasteiger partial charge < -0.3 is 5.32 Å². The van der Waals surface area contributed by atoms with E-state index in [1.807, 2.05) is 48.9 Å². The molecule has 2 heterocycles. The highest BCUT2D eigenvalue weighted by Gasteiger charge is 2.18. The average Bonchev–Trinajstić information content (AvgIpc) is 3.29. The molecule has 0 aliphatic carbocycles. The van der Waals surface area contributed by atoms with Crippen LogP contribution in [0.3, 0.4) is 0 Å². The third-order valence-electron chi connectivity index (χ3n) is 5.05. The van der Waals surface area contributed by atoms with Gasteiger partial charge >= 0.3 is 0 Å². The molecule has 0 bridgehead atoms. The summed E-state index contributed by atoms with van der Waals surface area (Å²) in [6.45, 7) is 4.56. The summed E-state index contributed by atoms with van der Waals surface area (Å²) >= 11 is 0. The number of nitro groups is 1. The van der Waals surface area contributed by atoms with Crippen LogP contribution >= 0.6 is 0 Å². The van der Waals surface area contributed by atoms with Crippen LogP contribution in [0.15, 0.2) is 60.8 Å². The summed E-state index contributed by atoms with van der Waals surface area (Å²) in [7, 11) is 1.72. The number of hydrogen-bond donors (Lipinski definition) is 1. The maximum Gasteiger partial charge on any atom is 0.269 e. The zero-order valence-corrected chi connectivity index (χ0v) is 17.9. The Morgan fingerprint density at radius 3 is 2.50 bits per heavy atom. The monoisotopic (exact) mass is 430 g/mol. The maximum atomic E-state index is 13.0. The van der Waals surface area contributed by atoms with E-state index in [4.69, 9.17) is 0 Å². The number of aromatic nitrogens is 4. The molecule has 0 radical (unpaired) electrons. The molecule has 4 aromatic rings. The van der Waals surface area contributed by atoms with Crippen molar-refractivity contribution < 1.29 is 9.72 Å². The molecule has 0 unspecified atom stereocenters. The summed E-state index contributed by atoms with van der Waals surface area (Å²) in [6.07, 6.45) is 1.63. The van der Waals surface area contributed by atoms with E-state index in [0.29, 0.717) is 29.1 Å². The Labute approximate surface area is 184 Å². The van der Waals surface area contributed by atoms with E-state index in [-0.39, 0.29) is 11.6 Å². The number of non-ortho nitro benzene ring substituents is 1. The predicted octanol–water partition coefficient (Wildman–Crippen LogP) is 4.11. The van der Waals surface area contributed by atoms with Crippen LogP contribution in [0.4, 0.5) is 11.4 Å². The van der Waals surface area contributed by atoms with Gasteiger partial charge in [-0.15, -0.1) is 0 Å². The van der Waals surface area contributed by atoms with Gasteiger partial charge in [0.15, 0.2) is 0 Å². The summed E-state index contributed by atoms with van der Waals surface area (Å²) in [4.78, 5) is 23.5. The van der Waals surface area contributed by atoms with Crippen LogP contribution in [-0.2, 0) is 13.6 Å². The molecule has 0 atom stereocenters. The summed E-state index contributed by atoms with van der Waals surface area (Å²) in [5.74, 6) is -0.310. The van der Waals surface area contributed by atoms with Crippen molar-refractivity contribution in [2.24, 2.45) is 7.05 Å². The standard InChI is InChI=1S/C23H22N6O3/c1-15-11-16(2)28(25-15)13-17-5-4-6-19(12-17)24-23(30)21-14-27(3)26-22(21)18-7-9-20(10-8-18)29(31)32/h4-12,14H,13H2,1-3H3,(H,24,30). The van der Waals surface area contributed by atoms with Gasteiger partial charge in [0.2, 0.25) is 0 Å². The number of amides is 1. The number of aryl methyl sites for hydroxylation is 3. The molecule has 1 amide bonds. The minimum absolute atomic E-state index is 0.0184. The van der Waals surface area contributed by atoms with E-state index in [2.05, 4.69) is 15.5 Å². The van der Waals surface area contributed by atoms with E-state index in [0.717, 1.165) is 17.0 Å². The number of anilines is 1. The van der Waals surface area contributed by atoms with Gasteiger partial charge in [-0.1, -0.05) is 12.1 Å². The molecule has 2 aromatic heterocycles. The topological polar surface area (TPSA) is 108 Å². The van der Waals surface area contributed by atoms with E-state index in [1.54, 1.807) is 30.1 Å². The molecule has 1 N–H and O–H groups in total. The largest absolute Gasteiger partial charge is 0.322 e. The van der Waals surface area contributed by atoms with Gasteiger partial charge in [0, 0.05) is 42.3 Å². The number of benzene rings is 2. The molecular formula is C23H22N6O3. The van der Waals surface area contributed by atoms with Crippen molar-refractivity contribution in [1.29, 1.82) is 0 Å². The second-order valence-electron chi connectivity index (χ2n) is 7.61. The molecule has 9 heteroatoms. The lowest BCUT2D eigenvalue weighted by Gasteiger charge is -2.09. The summed E-state index contributed by atoms with van der Waals surface area (Å²) < 4.78 is 3.47. The fraction of sp³-hybridized carbons (Fsp3) is 0.174. The first-order chi connectivity index (χ1) is 15.3. The van der Waals surface area contributed by atoms with Gasteiger partial charge in [-0.05, 0) is 49.7 Å². The van der Waals surface area contributed by atoms with Gasteiger partial charge in [-0.3, -0.25) is 24.3 Å². The van der Waals surface area contributed by atoms with Gasteiger partial charge in [0.05, 0.1) is 22.7 Å². The molecule has 2 aromatic carbocycles. The van der Waals surface area contributed by atoms with Crippen LogP contribution in [0.2, 0.25) is 0 Å². The Hall–Kier alpha value is -4.27. The van der Waals surface area contributed by atoms with Crippen molar-refractivity contribution in [1.82, 2.24) is 19.6 Å². The first-order valence-corrected chi connectivity index (χ1v) is 10.00. The molecule has 0 spiro atoms. The number of nitro benzene ring substituents is 1. The summed E-state index contributed by atoms with van der Waals surface area (Å²) in [5, 5.41) is 22.7. The van der Waals surface area contributed by atoms with Crippen molar-refractivity contribution in [3.63, 3.8) is 0 Å². The first kappa shape index (κ1) is 21.0. The maximum absolute atomic E-state index is 13.0. The molecule has 9 nitrogen and oxygen atoms in total. The molecule has 0 saturated carbocycles. The van der Waals surface area contributed by atoms with Crippen molar-refractivity contribution in [2.75, 3.05) is 5.32 Å². The van der Waals surface area contributed by atoms with Crippen LogP contribution < -0.4 is 5.32 Å². The number of nitrogens with zero attached hydrogens (tertiary/aromatic N) is 5. The van der Waals surface area contributed by atoms with Crippen LogP contribution in [0, 0.1) is 24.0 Å². The zero-order valence-electron chi connectivity index (χ0n) is 17.9. The molecular weight excluding hydrogens is 408 g/mol. The molecule has 0 aliphatic rings. The van der Waals surface area contributed by atoms with E-state index in [1.165, 1.54) is 12.1 Å². The highest BCUT2D eigenvalue weighted by molar-refractivity contribution is 6.08. The number of nitrogens with one attached hydrogen (secondary N) is 1. The minimum atomic E-state index is -0.463. The quantitative estimate of drug-likeness (QED) is 0.366. The summed E-state index contributed by atoms with van der Waals surface area (Å²) in [6, 6.07) is 15.6. The lowest BCUT2D eigenvalue weighted by molar-refractivity contribution is -0.384. The second-order valence-corrected chi connectivity index (χ2v) is 7.61. The Balaban J connectivity index is 1.56. The Morgan fingerprint density at radius 2 is 1.84 bits per heavy atom. The van der Waals surface area contributed by atoms with Gasteiger partial charge in [-0.25, -0.2) is 0 Å². The molecule has 0 saturated heterocycles. The normalized spacial score (nSPS) is 10.8. The van der Waals surface area contributed by atoms with Crippen LogP contribution in [0.5, 0.6) is 0 Å². The van der Waals surface area contributed by atoms with Crippen molar-refractivity contribution in [3.05, 3.63) is 93.4 Å². The van der Waals surface area contributed by atoms with Crippen LogP contribution in [-0.4, -0.2) is 30.4 Å². The van der Waals surface area contributed by atoms with Crippen molar-refractivity contribution >= 4 is 17.3 Å². The molecule has 32 heavy (non-hydrogen) atoms. The van der Waals surface area contributed by atoms with Crippen molar-refractivity contribution in [2.45, 2.75) is 20.4 Å². The molecule has 4 rings (SSSR count). The SMILES string of the molecule is Cc1cc(C)n(Cc2cccc(NC(=O)c3cn(C)nc3-c3ccc([N+](=O)[O-])cc3)c2)n1. The Bertz CT molecular complexity index is 1300. The number of carbonyl (C=O) groups is 1. The van der Waals surface area contributed by atoms with E-state index >= 15 is 0 Å². The number of hydrogen-bond acceptors (Lipinski definition) is 5. The highest BCUT2D eigenvalue weighted by Crippen LogP contribution is 2.25. The smallest absolute Gasteiger partial charge is 0.269 e. The number of rotatable bonds is 6. The lowest BCUT2D eigenvalue weighted by Crippen LogP contribution is -2.13. The molecule has 0 aliphatic heterocycles.